The van der Waals surface area contributed by atoms with E-state index in [2.05, 4.69) is 5.32 Å². The minimum Gasteiger partial charge on any atom is -0.365 e. The smallest absolute Gasteiger partial charge is 0.270 e. The first-order chi connectivity index (χ1) is 11.8. The van der Waals surface area contributed by atoms with E-state index in [1.807, 2.05) is 13.8 Å². The second kappa shape index (κ2) is 7.71. The zero-order valence-electron chi connectivity index (χ0n) is 13.7. The van der Waals surface area contributed by atoms with Gasteiger partial charge in [0, 0.05) is 23.1 Å². The van der Waals surface area contributed by atoms with Gasteiger partial charge in [0.05, 0.1) is 10.5 Å². The van der Waals surface area contributed by atoms with Crippen LogP contribution >= 0.6 is 11.3 Å². The fourth-order valence-electron chi connectivity index (χ4n) is 2.42. The summed E-state index contributed by atoms with van der Waals surface area (Å²) in [6.45, 7) is 3.78. The number of non-ortho nitro benzene ring substituents is 1. The first-order valence-electron chi connectivity index (χ1n) is 7.49. The van der Waals surface area contributed by atoms with Gasteiger partial charge in [-0.1, -0.05) is 19.1 Å². The van der Waals surface area contributed by atoms with Crippen LogP contribution in [0.15, 0.2) is 30.3 Å². The number of nitrogens with two attached hydrogens (primary N) is 1. The monoisotopic (exact) mass is 359 g/mol. The van der Waals surface area contributed by atoms with Crippen molar-refractivity contribution in [2.24, 2.45) is 5.73 Å². The lowest BCUT2D eigenvalue weighted by Crippen LogP contribution is -2.16. The van der Waals surface area contributed by atoms with Crippen molar-refractivity contribution >= 4 is 39.9 Å². The number of thiophene rings is 1. The molecule has 0 fully saturated rings. The summed E-state index contributed by atoms with van der Waals surface area (Å²) in [5.74, 6) is -1.03. The lowest BCUT2D eigenvalue weighted by molar-refractivity contribution is -0.384. The van der Waals surface area contributed by atoms with Crippen LogP contribution in [0.2, 0.25) is 0 Å². The highest BCUT2D eigenvalue weighted by Crippen LogP contribution is 2.33. The zero-order chi connectivity index (χ0) is 18.6. The van der Waals surface area contributed by atoms with Crippen LogP contribution in [0.5, 0.6) is 0 Å². The minimum absolute atomic E-state index is 0.0555. The van der Waals surface area contributed by atoms with Gasteiger partial charge < -0.3 is 11.1 Å². The molecule has 3 N–H and O–H groups in total. The maximum Gasteiger partial charge on any atom is 0.270 e. The lowest BCUT2D eigenvalue weighted by Gasteiger charge is -2.03. The highest BCUT2D eigenvalue weighted by molar-refractivity contribution is 7.16. The van der Waals surface area contributed by atoms with Crippen LogP contribution in [0.25, 0.3) is 6.08 Å². The lowest BCUT2D eigenvalue weighted by atomic mass is 10.1. The maximum absolute atomic E-state index is 12.1. The molecule has 1 aromatic carbocycles. The van der Waals surface area contributed by atoms with Crippen molar-refractivity contribution in [3.05, 3.63) is 62.0 Å². The average Bonchev–Trinajstić information content (AvgIpc) is 2.88. The summed E-state index contributed by atoms with van der Waals surface area (Å²) in [7, 11) is 0. The fraction of sp³-hybridized carbons (Fsp3) is 0.176. The molecular formula is C17H17N3O4S. The summed E-state index contributed by atoms with van der Waals surface area (Å²) in [6, 6.07) is 5.92. The highest BCUT2D eigenvalue weighted by Gasteiger charge is 2.19. The first-order valence-corrected chi connectivity index (χ1v) is 8.30. The van der Waals surface area contributed by atoms with Crippen LogP contribution in [0, 0.1) is 17.0 Å². The molecule has 1 heterocycles. The van der Waals surface area contributed by atoms with Gasteiger partial charge in [0.2, 0.25) is 5.91 Å². The molecular weight excluding hydrogens is 342 g/mol. The van der Waals surface area contributed by atoms with Crippen molar-refractivity contribution in [2.45, 2.75) is 20.3 Å². The van der Waals surface area contributed by atoms with Crippen LogP contribution in [-0.4, -0.2) is 16.7 Å². The van der Waals surface area contributed by atoms with Gasteiger partial charge in [-0.3, -0.25) is 19.7 Å². The number of nitrogens with one attached hydrogen (secondary N) is 1. The second-order valence-corrected chi connectivity index (χ2v) is 6.46. The zero-order valence-corrected chi connectivity index (χ0v) is 14.6. The summed E-state index contributed by atoms with van der Waals surface area (Å²) in [5, 5.41) is 13.8. The SMILES string of the molecule is CCc1c(C)sc(NC(=O)/C=C/c2cccc([N+](=O)[O-])c2)c1C(N)=O. The number of hydrogen-bond donors (Lipinski definition) is 2. The van der Waals surface area contributed by atoms with Crippen LogP contribution in [-0.2, 0) is 11.2 Å². The molecule has 130 valence electrons. The minimum atomic E-state index is -0.584. The average molecular weight is 359 g/mol. The number of anilines is 1. The molecule has 7 nitrogen and oxygen atoms in total. The summed E-state index contributed by atoms with van der Waals surface area (Å²) >= 11 is 1.29. The van der Waals surface area contributed by atoms with Crippen molar-refractivity contribution in [3.8, 4) is 0 Å². The number of hydrogen-bond acceptors (Lipinski definition) is 5. The molecule has 0 bridgehead atoms. The Labute approximate surface area is 148 Å². The van der Waals surface area contributed by atoms with Gasteiger partial charge in [-0.05, 0) is 30.5 Å². The van der Waals surface area contributed by atoms with Crippen LogP contribution in [0.4, 0.5) is 10.7 Å². The van der Waals surface area contributed by atoms with E-state index < -0.39 is 16.7 Å². The van der Waals surface area contributed by atoms with Gasteiger partial charge in [-0.25, -0.2) is 0 Å². The van der Waals surface area contributed by atoms with E-state index in [0.29, 0.717) is 22.5 Å². The number of amides is 2. The van der Waals surface area contributed by atoms with E-state index in [1.165, 1.54) is 41.7 Å². The third-order valence-electron chi connectivity index (χ3n) is 3.55. The van der Waals surface area contributed by atoms with Crippen LogP contribution < -0.4 is 11.1 Å². The number of nitro groups is 1. The highest BCUT2D eigenvalue weighted by atomic mass is 32.1. The van der Waals surface area contributed by atoms with Crippen molar-refractivity contribution in [3.63, 3.8) is 0 Å². The summed E-state index contributed by atoms with van der Waals surface area (Å²) in [4.78, 5) is 35.0. The van der Waals surface area contributed by atoms with Crippen LogP contribution in [0.1, 0.15) is 33.3 Å². The molecule has 2 amide bonds. The molecule has 0 aliphatic carbocycles. The summed E-state index contributed by atoms with van der Waals surface area (Å²) in [5.41, 5.74) is 7.06. The molecule has 0 saturated heterocycles. The molecule has 25 heavy (non-hydrogen) atoms. The number of benzene rings is 1. The summed E-state index contributed by atoms with van der Waals surface area (Å²) in [6.07, 6.45) is 3.36. The predicted molar refractivity (Wildman–Crippen MR) is 97.7 cm³/mol. The number of primary amides is 1. The predicted octanol–water partition coefficient (Wildman–Crippen LogP) is 3.28. The molecule has 0 aliphatic rings. The normalized spacial score (nSPS) is 10.8. The first kappa shape index (κ1) is 18.3. The standard InChI is InChI=1S/C17H17N3O4S/c1-3-13-10(2)25-17(15(13)16(18)22)19-14(21)8-7-11-5-4-6-12(9-11)20(23)24/h4-9H,3H2,1-2H3,(H2,18,22)(H,19,21)/b8-7+. The molecule has 0 spiro atoms. The Hall–Kier alpha value is -3.00. The summed E-state index contributed by atoms with van der Waals surface area (Å²) < 4.78 is 0. The number of nitro benzene ring substituents is 1. The third-order valence-corrected chi connectivity index (χ3v) is 4.62. The van der Waals surface area contributed by atoms with E-state index in [1.54, 1.807) is 6.07 Å². The third kappa shape index (κ3) is 4.30. The van der Waals surface area contributed by atoms with Gasteiger partial charge in [0.25, 0.3) is 11.6 Å². The van der Waals surface area contributed by atoms with E-state index in [0.717, 1.165) is 10.4 Å². The fourth-order valence-corrected chi connectivity index (χ4v) is 3.57. The molecule has 0 aliphatic heterocycles. The second-order valence-electron chi connectivity index (χ2n) is 5.23. The molecule has 1 aromatic heterocycles. The molecule has 0 unspecified atom stereocenters. The Morgan fingerprint density at radius 2 is 2.12 bits per heavy atom. The number of carbonyl (C=O) groups is 2. The maximum atomic E-state index is 12.1. The van der Waals surface area contributed by atoms with Crippen molar-refractivity contribution in [2.75, 3.05) is 5.32 Å². The van der Waals surface area contributed by atoms with E-state index >= 15 is 0 Å². The quantitative estimate of drug-likeness (QED) is 0.468. The molecule has 0 atom stereocenters. The molecule has 8 heteroatoms. The number of nitrogens with zero attached hydrogens (tertiary/aromatic N) is 1. The Morgan fingerprint density at radius 1 is 1.40 bits per heavy atom. The van der Waals surface area contributed by atoms with Crippen molar-refractivity contribution < 1.29 is 14.5 Å². The Kier molecular flexibility index (Phi) is 5.66. The Balaban J connectivity index is 2.19. The molecule has 2 rings (SSSR count). The molecule has 0 radical (unpaired) electrons. The number of aryl methyl sites for hydroxylation is 1. The van der Waals surface area contributed by atoms with Gasteiger partial charge in [0.1, 0.15) is 5.00 Å². The largest absolute Gasteiger partial charge is 0.365 e. The number of rotatable bonds is 6. The topological polar surface area (TPSA) is 115 Å². The van der Waals surface area contributed by atoms with Crippen molar-refractivity contribution in [1.82, 2.24) is 0 Å². The molecule has 0 saturated carbocycles. The van der Waals surface area contributed by atoms with Gasteiger partial charge in [-0.2, -0.15) is 0 Å². The van der Waals surface area contributed by atoms with Gasteiger partial charge in [-0.15, -0.1) is 11.3 Å². The van der Waals surface area contributed by atoms with E-state index in [-0.39, 0.29) is 5.69 Å². The van der Waals surface area contributed by atoms with E-state index in [9.17, 15) is 19.7 Å². The van der Waals surface area contributed by atoms with E-state index in [4.69, 9.17) is 5.73 Å². The Bertz CT molecular complexity index is 871. The van der Waals surface area contributed by atoms with Gasteiger partial charge in [0.15, 0.2) is 0 Å². The van der Waals surface area contributed by atoms with Crippen LogP contribution in [0.3, 0.4) is 0 Å². The van der Waals surface area contributed by atoms with Gasteiger partial charge >= 0.3 is 0 Å². The Morgan fingerprint density at radius 3 is 2.72 bits per heavy atom. The van der Waals surface area contributed by atoms with Crippen molar-refractivity contribution in [1.29, 1.82) is 0 Å². The number of carbonyl (C=O) groups excluding carboxylic acids is 2. The molecule has 2 aromatic rings.